The average molecular weight is 252 g/mol. The molecule has 0 radical (unpaired) electrons. The average Bonchev–Trinajstić information content (AvgIpc) is 2.89. The molecule has 1 saturated carbocycles. The van der Waals surface area contributed by atoms with Crippen LogP contribution in [0.25, 0.3) is 0 Å². The number of hydrogen-bond donors (Lipinski definition) is 1. The number of hydrogen-bond acceptors (Lipinski definition) is 2. The zero-order valence-corrected chi connectivity index (χ0v) is 11.8. The first-order chi connectivity index (χ1) is 8.81. The lowest BCUT2D eigenvalue weighted by atomic mass is 10.0. The Kier molecular flexibility index (Phi) is 5.48. The van der Waals surface area contributed by atoms with E-state index in [-0.39, 0.29) is 6.04 Å². The Morgan fingerprint density at radius 1 is 1.22 bits per heavy atom. The largest absolute Gasteiger partial charge is 0.341 e. The van der Waals surface area contributed by atoms with Gasteiger partial charge in [-0.1, -0.05) is 32.6 Å². The van der Waals surface area contributed by atoms with Crippen molar-refractivity contribution >= 4 is 5.91 Å². The van der Waals surface area contributed by atoms with Crippen LogP contribution in [0.2, 0.25) is 0 Å². The first-order valence-corrected chi connectivity index (χ1v) is 7.83. The van der Waals surface area contributed by atoms with Crippen LogP contribution in [-0.2, 0) is 4.79 Å². The third-order valence-corrected chi connectivity index (χ3v) is 4.45. The van der Waals surface area contributed by atoms with Crippen molar-refractivity contribution in [3.8, 4) is 0 Å². The molecule has 0 spiro atoms. The molecule has 0 bridgehead atoms. The third kappa shape index (κ3) is 3.71. The van der Waals surface area contributed by atoms with Crippen molar-refractivity contribution in [1.82, 2.24) is 10.2 Å². The lowest BCUT2D eigenvalue weighted by Crippen LogP contribution is -2.51. The van der Waals surface area contributed by atoms with E-state index in [0.29, 0.717) is 5.91 Å². The molecular formula is C15H28N2O. The summed E-state index contributed by atoms with van der Waals surface area (Å²) in [6.07, 6.45) is 10.1. The van der Waals surface area contributed by atoms with E-state index in [1.165, 1.54) is 32.1 Å². The van der Waals surface area contributed by atoms with Gasteiger partial charge in [-0.05, 0) is 38.1 Å². The van der Waals surface area contributed by atoms with Crippen LogP contribution < -0.4 is 5.32 Å². The molecule has 0 aromatic heterocycles. The molecule has 1 unspecified atom stereocenters. The Morgan fingerprint density at radius 2 is 2.00 bits per heavy atom. The van der Waals surface area contributed by atoms with Crippen LogP contribution in [0.3, 0.4) is 0 Å². The van der Waals surface area contributed by atoms with E-state index >= 15 is 0 Å². The fraction of sp³-hybridized carbons (Fsp3) is 0.933. The lowest BCUT2D eigenvalue weighted by molar-refractivity contribution is -0.136. The van der Waals surface area contributed by atoms with E-state index in [2.05, 4.69) is 17.1 Å². The number of likely N-dealkylation sites (tertiary alicyclic amines) is 1. The Morgan fingerprint density at radius 3 is 2.72 bits per heavy atom. The van der Waals surface area contributed by atoms with Gasteiger partial charge in [0.25, 0.3) is 0 Å². The summed E-state index contributed by atoms with van der Waals surface area (Å²) >= 11 is 0. The highest BCUT2D eigenvalue weighted by Gasteiger charge is 2.28. The van der Waals surface area contributed by atoms with Crippen molar-refractivity contribution in [2.24, 2.45) is 5.92 Å². The molecule has 1 amide bonds. The maximum atomic E-state index is 12.3. The van der Waals surface area contributed by atoms with Crippen molar-refractivity contribution in [3.05, 3.63) is 0 Å². The number of nitrogens with one attached hydrogen (secondary N) is 1. The molecule has 1 aliphatic heterocycles. The normalized spacial score (nSPS) is 25.9. The zero-order valence-electron chi connectivity index (χ0n) is 11.8. The highest BCUT2D eigenvalue weighted by atomic mass is 16.2. The van der Waals surface area contributed by atoms with Crippen molar-refractivity contribution in [1.29, 1.82) is 0 Å². The molecule has 3 heteroatoms. The van der Waals surface area contributed by atoms with Gasteiger partial charge in [0, 0.05) is 13.1 Å². The maximum absolute atomic E-state index is 12.3. The van der Waals surface area contributed by atoms with Gasteiger partial charge in [0.15, 0.2) is 0 Å². The Balaban J connectivity index is 1.74. The minimum absolute atomic E-state index is 0.0993. The molecule has 3 nitrogen and oxygen atoms in total. The summed E-state index contributed by atoms with van der Waals surface area (Å²) in [5.74, 6) is 1.24. The van der Waals surface area contributed by atoms with Crippen molar-refractivity contribution < 1.29 is 4.79 Å². The molecule has 2 fully saturated rings. The van der Waals surface area contributed by atoms with Crippen molar-refractivity contribution in [2.75, 3.05) is 19.6 Å². The molecule has 0 aromatic rings. The predicted molar refractivity (Wildman–Crippen MR) is 74.5 cm³/mol. The SMILES string of the molecule is CCCNC1CCCN(CCC2CCCC2)C1=O. The monoisotopic (exact) mass is 252 g/mol. The number of amides is 1. The Hall–Kier alpha value is -0.570. The summed E-state index contributed by atoms with van der Waals surface area (Å²) < 4.78 is 0. The molecule has 18 heavy (non-hydrogen) atoms. The Bertz CT molecular complexity index is 261. The van der Waals surface area contributed by atoms with Crippen LogP contribution in [0, 0.1) is 5.92 Å². The number of carbonyl (C=O) groups excluding carboxylic acids is 1. The van der Waals surface area contributed by atoms with Gasteiger partial charge in [-0.3, -0.25) is 4.79 Å². The minimum atomic E-state index is 0.0993. The summed E-state index contributed by atoms with van der Waals surface area (Å²) in [5, 5.41) is 3.39. The van der Waals surface area contributed by atoms with Gasteiger partial charge in [-0.2, -0.15) is 0 Å². The molecule has 2 aliphatic rings. The predicted octanol–water partition coefficient (Wildman–Crippen LogP) is 2.56. The van der Waals surface area contributed by atoms with Gasteiger partial charge in [-0.25, -0.2) is 0 Å². The first kappa shape index (κ1) is 13.9. The maximum Gasteiger partial charge on any atom is 0.239 e. The van der Waals surface area contributed by atoms with Gasteiger partial charge in [-0.15, -0.1) is 0 Å². The second-order valence-corrected chi connectivity index (χ2v) is 5.91. The van der Waals surface area contributed by atoms with E-state index in [1.54, 1.807) is 0 Å². The molecule has 1 atom stereocenters. The highest BCUT2D eigenvalue weighted by Crippen LogP contribution is 2.28. The number of piperidine rings is 1. The van der Waals surface area contributed by atoms with Gasteiger partial charge < -0.3 is 10.2 Å². The van der Waals surface area contributed by atoms with E-state index in [9.17, 15) is 4.79 Å². The van der Waals surface area contributed by atoms with Crippen LogP contribution in [0.1, 0.15) is 58.3 Å². The van der Waals surface area contributed by atoms with E-state index in [4.69, 9.17) is 0 Å². The van der Waals surface area contributed by atoms with Gasteiger partial charge >= 0.3 is 0 Å². The van der Waals surface area contributed by atoms with Crippen LogP contribution >= 0.6 is 0 Å². The zero-order chi connectivity index (χ0) is 12.8. The molecule has 2 rings (SSSR count). The van der Waals surface area contributed by atoms with Crippen LogP contribution in [0.4, 0.5) is 0 Å². The van der Waals surface area contributed by atoms with E-state index in [1.807, 2.05) is 0 Å². The molecular weight excluding hydrogens is 224 g/mol. The number of rotatable bonds is 6. The van der Waals surface area contributed by atoms with E-state index < -0.39 is 0 Å². The lowest BCUT2D eigenvalue weighted by Gasteiger charge is -2.33. The third-order valence-electron chi connectivity index (χ3n) is 4.45. The summed E-state index contributed by atoms with van der Waals surface area (Å²) in [4.78, 5) is 14.4. The molecule has 0 aromatic carbocycles. The summed E-state index contributed by atoms with van der Waals surface area (Å²) in [6.45, 7) is 5.09. The summed E-state index contributed by atoms with van der Waals surface area (Å²) in [7, 11) is 0. The smallest absolute Gasteiger partial charge is 0.239 e. The van der Waals surface area contributed by atoms with Gasteiger partial charge in [0.1, 0.15) is 0 Å². The van der Waals surface area contributed by atoms with Crippen LogP contribution in [0.5, 0.6) is 0 Å². The van der Waals surface area contributed by atoms with Gasteiger partial charge in [0.2, 0.25) is 5.91 Å². The molecule has 1 heterocycles. The summed E-state index contributed by atoms with van der Waals surface area (Å²) in [6, 6.07) is 0.0993. The molecule has 104 valence electrons. The quantitative estimate of drug-likeness (QED) is 0.788. The Labute approximate surface area is 111 Å². The second kappa shape index (κ2) is 7.13. The minimum Gasteiger partial charge on any atom is -0.341 e. The fourth-order valence-corrected chi connectivity index (χ4v) is 3.31. The standard InChI is InChI=1S/C15H28N2O/c1-2-10-16-14-8-5-11-17(15(14)18)12-9-13-6-3-4-7-13/h13-14,16H,2-12H2,1H3. The topological polar surface area (TPSA) is 32.3 Å². The van der Waals surface area contributed by atoms with Crippen molar-refractivity contribution in [3.63, 3.8) is 0 Å². The molecule has 1 N–H and O–H groups in total. The van der Waals surface area contributed by atoms with Crippen molar-refractivity contribution in [2.45, 2.75) is 64.3 Å². The summed E-state index contributed by atoms with van der Waals surface area (Å²) in [5.41, 5.74) is 0. The molecule has 1 aliphatic carbocycles. The highest BCUT2D eigenvalue weighted by molar-refractivity contribution is 5.82. The second-order valence-electron chi connectivity index (χ2n) is 5.91. The fourth-order valence-electron chi connectivity index (χ4n) is 3.31. The van der Waals surface area contributed by atoms with Crippen LogP contribution in [0.15, 0.2) is 0 Å². The van der Waals surface area contributed by atoms with E-state index in [0.717, 1.165) is 44.8 Å². The van der Waals surface area contributed by atoms with Crippen LogP contribution in [-0.4, -0.2) is 36.5 Å². The molecule has 1 saturated heterocycles. The number of nitrogens with zero attached hydrogens (tertiary/aromatic N) is 1. The number of carbonyl (C=O) groups is 1. The van der Waals surface area contributed by atoms with Gasteiger partial charge in [0.05, 0.1) is 6.04 Å². The first-order valence-electron chi connectivity index (χ1n) is 7.83.